The number of fused-ring (bicyclic) bond motifs is 1. The number of hydrogen-bond donors (Lipinski definition) is 1. The largest absolute Gasteiger partial charge is 0.338 e. The Bertz CT molecular complexity index is 994. The Morgan fingerprint density at radius 2 is 2.00 bits per heavy atom. The summed E-state index contributed by atoms with van der Waals surface area (Å²) in [4.78, 5) is 23.5. The van der Waals surface area contributed by atoms with Gasteiger partial charge in [0, 0.05) is 61.8 Å². The van der Waals surface area contributed by atoms with E-state index in [1.54, 1.807) is 0 Å². The first-order valence-corrected chi connectivity index (χ1v) is 10.7. The topological polar surface area (TPSA) is 57.6 Å². The maximum absolute atomic E-state index is 13.0. The Labute approximate surface area is 174 Å². The summed E-state index contributed by atoms with van der Waals surface area (Å²) in [6.07, 6.45) is 4.49. The quantitative estimate of drug-likeness (QED) is 0.802. The van der Waals surface area contributed by atoms with E-state index in [2.05, 4.69) is 40.4 Å². The van der Waals surface area contributed by atoms with Crippen LogP contribution < -0.4 is 5.32 Å². The van der Waals surface area contributed by atoms with Crippen LogP contribution in [0.15, 0.2) is 35.5 Å². The molecule has 3 aliphatic rings. The smallest absolute Gasteiger partial charge is 0.317 e. The minimum absolute atomic E-state index is 0.117. The molecule has 0 bridgehead atoms. The number of nitrogens with one attached hydrogen (secondary N) is 1. The van der Waals surface area contributed by atoms with Crippen LogP contribution in [0.4, 0.5) is 13.6 Å². The molecule has 3 atom stereocenters. The molecule has 7 heteroatoms. The van der Waals surface area contributed by atoms with Gasteiger partial charge < -0.3 is 10.2 Å². The molecule has 1 N–H and O–H groups in total. The third kappa shape index (κ3) is 3.77. The van der Waals surface area contributed by atoms with Gasteiger partial charge in [0.25, 0.3) is 0 Å². The van der Waals surface area contributed by atoms with Crippen molar-refractivity contribution in [1.82, 2.24) is 15.2 Å². The second-order valence-corrected chi connectivity index (χ2v) is 9.15. The van der Waals surface area contributed by atoms with Crippen LogP contribution in [0, 0.1) is 11.8 Å². The van der Waals surface area contributed by atoms with Gasteiger partial charge in [-0.2, -0.15) is 0 Å². The summed E-state index contributed by atoms with van der Waals surface area (Å²) in [5, 5.41) is 4.01. The van der Waals surface area contributed by atoms with Crippen molar-refractivity contribution in [2.75, 3.05) is 19.6 Å². The molecule has 1 aromatic carbocycles. The van der Waals surface area contributed by atoms with Crippen LogP contribution in [-0.4, -0.2) is 47.7 Å². The van der Waals surface area contributed by atoms with E-state index in [1.807, 2.05) is 23.4 Å². The lowest BCUT2D eigenvalue weighted by atomic mass is 9.81. The van der Waals surface area contributed by atoms with Crippen LogP contribution >= 0.6 is 0 Å². The molecule has 0 spiro atoms. The van der Waals surface area contributed by atoms with Gasteiger partial charge in [-0.3, -0.25) is 9.98 Å². The number of nitrogens with zero attached hydrogens (tertiary/aromatic N) is 3. The summed E-state index contributed by atoms with van der Waals surface area (Å²) in [6, 6.07) is 8.33. The van der Waals surface area contributed by atoms with E-state index < -0.39 is 5.92 Å². The van der Waals surface area contributed by atoms with Gasteiger partial charge in [0.05, 0.1) is 5.52 Å². The highest BCUT2D eigenvalue weighted by Crippen LogP contribution is 2.42. The SMILES string of the molecule is CC1CC(c2ccc(C3C=N3)c3ncccc23)CN(C(=O)NCC2CC(F)(F)C2)C1. The lowest BCUT2D eigenvalue weighted by Crippen LogP contribution is -2.50. The zero-order chi connectivity index (χ0) is 20.9. The summed E-state index contributed by atoms with van der Waals surface area (Å²) in [6.45, 7) is 3.80. The molecule has 1 saturated carbocycles. The summed E-state index contributed by atoms with van der Waals surface area (Å²) >= 11 is 0. The zero-order valence-electron chi connectivity index (χ0n) is 17.0. The molecule has 0 radical (unpaired) electrons. The molecular weight excluding hydrogens is 386 g/mol. The van der Waals surface area contributed by atoms with Crippen LogP contribution in [0.1, 0.15) is 49.3 Å². The number of aliphatic imine (C=N–C) groups is 1. The van der Waals surface area contributed by atoms with Gasteiger partial charge in [0.15, 0.2) is 0 Å². The van der Waals surface area contributed by atoms with Gasteiger partial charge in [-0.15, -0.1) is 0 Å². The van der Waals surface area contributed by atoms with E-state index in [9.17, 15) is 13.6 Å². The maximum atomic E-state index is 13.0. The summed E-state index contributed by atoms with van der Waals surface area (Å²) in [5.41, 5.74) is 3.33. The summed E-state index contributed by atoms with van der Waals surface area (Å²) < 4.78 is 26.1. The molecule has 2 fully saturated rings. The number of urea groups is 1. The average molecular weight is 412 g/mol. The molecule has 1 saturated heterocycles. The molecule has 158 valence electrons. The Morgan fingerprint density at radius 1 is 1.23 bits per heavy atom. The fourth-order valence-corrected chi connectivity index (χ4v) is 5.03. The second kappa shape index (κ2) is 7.29. The van der Waals surface area contributed by atoms with Crippen LogP contribution in [0.5, 0.6) is 0 Å². The highest BCUT2D eigenvalue weighted by molar-refractivity contribution is 5.92. The van der Waals surface area contributed by atoms with E-state index in [0.29, 0.717) is 25.6 Å². The normalized spacial score (nSPS) is 27.7. The van der Waals surface area contributed by atoms with Gasteiger partial charge in [-0.1, -0.05) is 25.1 Å². The lowest BCUT2D eigenvalue weighted by Gasteiger charge is -2.38. The number of carbonyl (C=O) groups excluding carboxylic acids is 1. The molecule has 5 nitrogen and oxygen atoms in total. The second-order valence-electron chi connectivity index (χ2n) is 9.15. The van der Waals surface area contributed by atoms with Crippen molar-refractivity contribution in [1.29, 1.82) is 0 Å². The number of amides is 2. The molecule has 3 unspecified atom stereocenters. The first-order valence-electron chi connectivity index (χ1n) is 10.7. The third-order valence-electron chi connectivity index (χ3n) is 6.55. The van der Waals surface area contributed by atoms with Crippen molar-refractivity contribution in [3.63, 3.8) is 0 Å². The number of alkyl halides is 2. The number of aromatic nitrogens is 1. The molecular formula is C23H26F2N4O. The van der Waals surface area contributed by atoms with E-state index >= 15 is 0 Å². The van der Waals surface area contributed by atoms with Gasteiger partial charge in [-0.05, 0) is 29.9 Å². The fourth-order valence-electron chi connectivity index (χ4n) is 5.03. The maximum Gasteiger partial charge on any atom is 0.317 e. The zero-order valence-corrected chi connectivity index (χ0v) is 17.0. The third-order valence-corrected chi connectivity index (χ3v) is 6.55. The van der Waals surface area contributed by atoms with Crippen molar-refractivity contribution >= 4 is 23.1 Å². The van der Waals surface area contributed by atoms with Crippen LogP contribution in [0.2, 0.25) is 0 Å². The minimum atomic E-state index is -2.55. The standard InChI is InChI=1S/C23H26F2N4O/c1-14-7-16(13-29(12-14)22(30)28-10-15-8-23(24,25)9-15)17-4-5-19(20-11-27-20)21-18(17)3-2-6-26-21/h2-6,11,14-16,20H,7-10,12-13H2,1H3,(H,28,30). The Kier molecular flexibility index (Phi) is 4.71. The monoisotopic (exact) mass is 412 g/mol. The number of hydrogen-bond acceptors (Lipinski definition) is 3. The Balaban J connectivity index is 1.31. The molecule has 1 aliphatic carbocycles. The molecule has 2 aliphatic heterocycles. The number of rotatable bonds is 4. The van der Waals surface area contributed by atoms with E-state index in [-0.39, 0.29) is 36.8 Å². The summed E-state index contributed by atoms with van der Waals surface area (Å²) in [7, 11) is 0. The van der Waals surface area contributed by atoms with Crippen LogP contribution in [-0.2, 0) is 0 Å². The number of benzene rings is 1. The molecule has 1 aromatic heterocycles. The van der Waals surface area contributed by atoms with Crippen LogP contribution in [0.3, 0.4) is 0 Å². The molecule has 30 heavy (non-hydrogen) atoms. The van der Waals surface area contributed by atoms with Gasteiger partial charge in [-0.25, -0.2) is 13.6 Å². The van der Waals surface area contributed by atoms with E-state index in [4.69, 9.17) is 0 Å². The van der Waals surface area contributed by atoms with Crippen molar-refractivity contribution in [2.24, 2.45) is 16.8 Å². The number of halogens is 2. The van der Waals surface area contributed by atoms with Crippen LogP contribution in [0.25, 0.3) is 10.9 Å². The predicted molar refractivity (Wildman–Crippen MR) is 112 cm³/mol. The average Bonchev–Trinajstić information content (AvgIpc) is 3.54. The first kappa shape index (κ1) is 19.4. The highest BCUT2D eigenvalue weighted by Gasteiger charge is 2.45. The van der Waals surface area contributed by atoms with E-state index in [1.165, 1.54) is 5.56 Å². The predicted octanol–water partition coefficient (Wildman–Crippen LogP) is 4.54. The van der Waals surface area contributed by atoms with Gasteiger partial charge in [0.1, 0.15) is 6.04 Å². The minimum Gasteiger partial charge on any atom is -0.338 e. The number of piperidine rings is 1. The van der Waals surface area contributed by atoms with Gasteiger partial charge in [0.2, 0.25) is 5.92 Å². The number of pyridine rings is 1. The molecule has 3 heterocycles. The fraction of sp³-hybridized carbons (Fsp3) is 0.522. The number of likely N-dealkylation sites (tertiary alicyclic amines) is 1. The Morgan fingerprint density at radius 3 is 2.73 bits per heavy atom. The number of carbonyl (C=O) groups is 1. The molecule has 5 rings (SSSR count). The van der Waals surface area contributed by atoms with E-state index in [0.717, 1.165) is 22.9 Å². The van der Waals surface area contributed by atoms with Crippen molar-refractivity contribution < 1.29 is 13.6 Å². The molecule has 2 amide bonds. The first-order chi connectivity index (χ1) is 14.4. The lowest BCUT2D eigenvalue weighted by molar-refractivity contribution is -0.108. The Hall–Kier alpha value is -2.57. The van der Waals surface area contributed by atoms with Crippen molar-refractivity contribution in [3.05, 3.63) is 41.6 Å². The molecule has 2 aromatic rings. The summed E-state index contributed by atoms with van der Waals surface area (Å²) in [5.74, 6) is -2.09. The van der Waals surface area contributed by atoms with Gasteiger partial charge >= 0.3 is 6.03 Å². The van der Waals surface area contributed by atoms with Crippen molar-refractivity contribution in [2.45, 2.75) is 44.1 Å². The van der Waals surface area contributed by atoms with Crippen molar-refractivity contribution in [3.8, 4) is 0 Å². The highest BCUT2D eigenvalue weighted by atomic mass is 19.3.